The number of benzene rings is 1. The fourth-order valence-corrected chi connectivity index (χ4v) is 3.74. The molecule has 4 N–H and O–H groups in total. The molecule has 1 aromatic carbocycles. The molecule has 1 amide bonds. The molecule has 1 saturated heterocycles. The lowest BCUT2D eigenvalue weighted by molar-refractivity contribution is -0.293. The topological polar surface area (TPSA) is 202 Å². The fourth-order valence-electron chi connectivity index (χ4n) is 3.74. The van der Waals surface area contributed by atoms with Gasteiger partial charge in [0.2, 0.25) is 5.95 Å². The summed E-state index contributed by atoms with van der Waals surface area (Å²) in [4.78, 5) is 41.3. The van der Waals surface area contributed by atoms with E-state index in [1.165, 1.54) is 37.4 Å². The number of carbonyl (C=O) groups excluding carboxylic acids is 2. The lowest BCUT2D eigenvalue weighted by Gasteiger charge is -2.40. The lowest BCUT2D eigenvalue weighted by Crippen LogP contribution is -2.56. The van der Waals surface area contributed by atoms with Crippen LogP contribution in [-0.2, 0) is 29.6 Å². The van der Waals surface area contributed by atoms with Crippen LogP contribution in [0.5, 0.6) is 0 Å². The Hall–Kier alpha value is -4.92. The zero-order valence-corrected chi connectivity index (χ0v) is 20.7. The van der Waals surface area contributed by atoms with Crippen LogP contribution in [0.4, 0.5) is 10.3 Å². The van der Waals surface area contributed by atoms with Crippen LogP contribution in [0.3, 0.4) is 0 Å². The Labute approximate surface area is 221 Å². The first kappa shape index (κ1) is 27.1. The van der Waals surface area contributed by atoms with Crippen LogP contribution in [0.15, 0.2) is 36.5 Å². The average molecular weight is 535 g/mol. The summed E-state index contributed by atoms with van der Waals surface area (Å²) in [6.45, 7) is 0.702. The van der Waals surface area contributed by atoms with E-state index in [2.05, 4.69) is 25.3 Å². The highest BCUT2D eigenvalue weighted by molar-refractivity contribution is 5.85. The van der Waals surface area contributed by atoms with Crippen LogP contribution in [0, 0.1) is 33.9 Å². The normalized spacial score (nSPS) is 20.4. The number of carbonyl (C=O) groups is 2. The maximum atomic E-state index is 13.7. The summed E-state index contributed by atoms with van der Waals surface area (Å²) in [6.07, 6.45) is 1.73. The molecule has 0 unspecified atom stereocenters. The molecule has 0 radical (unpaired) electrons. The second kappa shape index (κ2) is 11.2. The molecule has 2 aromatic heterocycles. The molecule has 0 aliphatic carbocycles. The zero-order chi connectivity index (χ0) is 28.0. The number of nitrogens with one attached hydrogen (secondary N) is 2. The van der Waals surface area contributed by atoms with Gasteiger partial charge >= 0.3 is 11.8 Å². The monoisotopic (exact) mass is 534 g/mol. The molecule has 0 spiro atoms. The quantitative estimate of drug-likeness (QED) is 0.267. The van der Waals surface area contributed by atoms with Crippen LogP contribution in [-0.4, -0.2) is 58.2 Å². The van der Waals surface area contributed by atoms with Crippen LogP contribution < -0.4 is 11.1 Å². The number of primary amides is 1. The largest absolute Gasteiger partial charge is 0.450 e. The second-order valence-corrected chi connectivity index (χ2v) is 8.77. The standard InChI is InChI=1S/C25H23FN8O5/c1-24(22(36)37-12-9-28)13-38-25(20(29)35,39-14-24)21-33-18(15-3-5-16(26)6-4-15)19(34-21)17-7-11-31-23(32-17)30-10-2-8-27/h3-7,11H,2,10,12-14H2,1H3,(H2,29,35)(H,33,34)(H,30,31,32). The SMILES string of the molecule is CC1(C(=O)OCC#N)COC(C(N)=O)(c2nc(-c3ccc(F)cc3)c(-c3ccnc(NCCC#N)n3)[nH]2)OC1. The van der Waals surface area contributed by atoms with Crippen molar-refractivity contribution in [1.82, 2.24) is 19.9 Å². The summed E-state index contributed by atoms with van der Waals surface area (Å²) >= 11 is 0. The minimum absolute atomic E-state index is 0.130. The molecule has 4 rings (SSSR count). The van der Waals surface area contributed by atoms with Gasteiger partial charge in [0.25, 0.3) is 5.91 Å². The second-order valence-electron chi connectivity index (χ2n) is 8.77. The highest BCUT2D eigenvalue weighted by Gasteiger charge is 2.54. The number of nitrogens with two attached hydrogens (primary N) is 1. The number of imidazole rings is 1. The molecule has 0 saturated carbocycles. The Morgan fingerprint density at radius 1 is 1.18 bits per heavy atom. The number of aromatic amines is 1. The first-order chi connectivity index (χ1) is 18.7. The first-order valence-corrected chi connectivity index (χ1v) is 11.6. The van der Waals surface area contributed by atoms with E-state index >= 15 is 0 Å². The maximum Gasteiger partial charge on any atom is 0.317 e. The van der Waals surface area contributed by atoms with E-state index in [0.717, 1.165) is 0 Å². The van der Waals surface area contributed by atoms with Crippen molar-refractivity contribution >= 4 is 17.8 Å². The van der Waals surface area contributed by atoms with Crippen molar-refractivity contribution in [3.05, 3.63) is 48.2 Å². The number of anilines is 1. The van der Waals surface area contributed by atoms with E-state index in [9.17, 15) is 14.0 Å². The van der Waals surface area contributed by atoms with Gasteiger partial charge in [-0.25, -0.2) is 19.3 Å². The number of aromatic nitrogens is 4. The molecule has 14 heteroatoms. The minimum atomic E-state index is -2.21. The van der Waals surface area contributed by atoms with Gasteiger partial charge in [-0.05, 0) is 37.3 Å². The van der Waals surface area contributed by atoms with Crippen molar-refractivity contribution in [3.8, 4) is 34.8 Å². The molecule has 0 atom stereocenters. The summed E-state index contributed by atoms with van der Waals surface area (Å²) in [6, 6.07) is 10.8. The van der Waals surface area contributed by atoms with Crippen molar-refractivity contribution < 1.29 is 28.2 Å². The van der Waals surface area contributed by atoms with Crippen molar-refractivity contribution in [2.24, 2.45) is 11.1 Å². The van der Waals surface area contributed by atoms with Crippen LogP contribution in [0.25, 0.3) is 22.6 Å². The van der Waals surface area contributed by atoms with Crippen LogP contribution >= 0.6 is 0 Å². The molecule has 1 aliphatic heterocycles. The number of H-pyrrole nitrogens is 1. The number of nitriles is 2. The number of halogens is 1. The van der Waals surface area contributed by atoms with Crippen molar-refractivity contribution in [1.29, 1.82) is 10.5 Å². The minimum Gasteiger partial charge on any atom is -0.450 e. The highest BCUT2D eigenvalue weighted by Crippen LogP contribution is 2.39. The Bertz CT molecular complexity index is 1450. The maximum absolute atomic E-state index is 13.7. The van der Waals surface area contributed by atoms with Crippen molar-refractivity contribution in [2.45, 2.75) is 19.1 Å². The summed E-state index contributed by atoms with van der Waals surface area (Å²) < 4.78 is 30.1. The number of hydrogen-bond acceptors (Lipinski definition) is 11. The molecule has 3 heterocycles. The van der Waals surface area contributed by atoms with E-state index in [1.807, 2.05) is 6.07 Å². The van der Waals surface area contributed by atoms with Gasteiger partial charge in [0.05, 0.1) is 42.8 Å². The summed E-state index contributed by atoms with van der Waals surface area (Å²) in [5, 5.41) is 20.4. The summed E-state index contributed by atoms with van der Waals surface area (Å²) in [5.41, 5.74) is 5.81. The highest BCUT2D eigenvalue weighted by atomic mass is 19.1. The number of ether oxygens (including phenoxy) is 3. The molecule has 200 valence electrons. The third-order valence-electron chi connectivity index (χ3n) is 5.84. The van der Waals surface area contributed by atoms with E-state index in [0.29, 0.717) is 23.5 Å². The third-order valence-corrected chi connectivity index (χ3v) is 5.84. The van der Waals surface area contributed by atoms with E-state index < -0.39 is 35.5 Å². The molecular formula is C25H23FN8O5. The predicted octanol–water partition coefficient (Wildman–Crippen LogP) is 1.76. The van der Waals surface area contributed by atoms with E-state index in [1.54, 1.807) is 12.1 Å². The van der Waals surface area contributed by atoms with Gasteiger partial charge in [0, 0.05) is 18.3 Å². The van der Waals surface area contributed by atoms with Crippen LogP contribution in [0.1, 0.15) is 19.2 Å². The van der Waals surface area contributed by atoms with E-state index in [-0.39, 0.29) is 37.1 Å². The number of esters is 1. The average Bonchev–Trinajstić information content (AvgIpc) is 3.39. The number of nitrogens with zero attached hydrogens (tertiary/aromatic N) is 5. The Kier molecular flexibility index (Phi) is 7.80. The number of amides is 1. The van der Waals surface area contributed by atoms with E-state index in [4.69, 9.17) is 30.5 Å². The smallest absolute Gasteiger partial charge is 0.317 e. The molecular weight excluding hydrogens is 511 g/mol. The molecule has 39 heavy (non-hydrogen) atoms. The van der Waals surface area contributed by atoms with Gasteiger partial charge in [-0.1, -0.05) is 0 Å². The Morgan fingerprint density at radius 3 is 2.54 bits per heavy atom. The van der Waals surface area contributed by atoms with Crippen LogP contribution in [0.2, 0.25) is 0 Å². The van der Waals surface area contributed by atoms with Crippen molar-refractivity contribution in [3.63, 3.8) is 0 Å². The van der Waals surface area contributed by atoms with Gasteiger partial charge in [-0.2, -0.15) is 10.5 Å². The molecule has 13 nitrogen and oxygen atoms in total. The van der Waals surface area contributed by atoms with Gasteiger partial charge in [0.15, 0.2) is 12.4 Å². The molecule has 1 aliphatic rings. The molecule has 1 fully saturated rings. The molecule has 0 bridgehead atoms. The Morgan fingerprint density at radius 2 is 1.90 bits per heavy atom. The molecule has 3 aromatic rings. The van der Waals surface area contributed by atoms with Gasteiger partial charge < -0.3 is 30.2 Å². The number of rotatable bonds is 9. The summed E-state index contributed by atoms with van der Waals surface area (Å²) in [7, 11) is 0. The first-order valence-electron chi connectivity index (χ1n) is 11.6. The number of hydrogen-bond donors (Lipinski definition) is 3. The fraction of sp³-hybridized carbons (Fsp3) is 0.320. The van der Waals surface area contributed by atoms with Gasteiger partial charge in [-0.15, -0.1) is 0 Å². The van der Waals surface area contributed by atoms with Gasteiger partial charge in [0.1, 0.15) is 17.3 Å². The predicted molar refractivity (Wildman–Crippen MR) is 131 cm³/mol. The third kappa shape index (κ3) is 5.52. The Balaban J connectivity index is 1.75. The van der Waals surface area contributed by atoms with Crippen molar-refractivity contribution in [2.75, 3.05) is 31.7 Å². The lowest BCUT2D eigenvalue weighted by atomic mass is 9.91. The zero-order valence-electron chi connectivity index (χ0n) is 20.7. The summed E-state index contributed by atoms with van der Waals surface area (Å²) in [5.74, 6) is -4.34. The van der Waals surface area contributed by atoms with Gasteiger partial charge in [-0.3, -0.25) is 9.59 Å².